The third-order valence-electron chi connectivity index (χ3n) is 5.61. The SMILES string of the molecule is O=C(NCc1cc(F)ccc1F)c1cccc(S(=O)(=O)N2CCN(c3ccc(F)cc3)CC2)c1. The van der Waals surface area contributed by atoms with E-state index in [-0.39, 0.29) is 41.5 Å². The van der Waals surface area contributed by atoms with Gasteiger partial charge in [-0.1, -0.05) is 6.07 Å². The van der Waals surface area contributed by atoms with Crippen molar-refractivity contribution < 1.29 is 26.4 Å². The summed E-state index contributed by atoms with van der Waals surface area (Å²) in [5.74, 6) is -2.23. The molecule has 0 aliphatic carbocycles. The van der Waals surface area contributed by atoms with Crippen LogP contribution in [0.1, 0.15) is 15.9 Å². The van der Waals surface area contributed by atoms with Crippen molar-refractivity contribution in [3.05, 3.63) is 95.3 Å². The summed E-state index contributed by atoms with van der Waals surface area (Å²) in [6.07, 6.45) is 0. The number of nitrogens with zero attached hydrogens (tertiary/aromatic N) is 2. The topological polar surface area (TPSA) is 69.7 Å². The fraction of sp³-hybridized carbons (Fsp3) is 0.208. The second kappa shape index (κ2) is 9.86. The molecule has 1 aliphatic heterocycles. The number of hydrogen-bond donors (Lipinski definition) is 1. The predicted molar refractivity (Wildman–Crippen MR) is 121 cm³/mol. The second-order valence-corrected chi connectivity index (χ2v) is 9.75. The molecule has 34 heavy (non-hydrogen) atoms. The van der Waals surface area contributed by atoms with Gasteiger partial charge in [0.2, 0.25) is 10.0 Å². The molecule has 1 saturated heterocycles. The Bertz CT molecular complexity index is 1290. The van der Waals surface area contributed by atoms with Gasteiger partial charge in [0.05, 0.1) is 4.90 Å². The number of anilines is 1. The van der Waals surface area contributed by atoms with E-state index in [1.165, 1.54) is 40.7 Å². The third-order valence-corrected chi connectivity index (χ3v) is 7.51. The van der Waals surface area contributed by atoms with Crippen LogP contribution in [-0.2, 0) is 16.6 Å². The van der Waals surface area contributed by atoms with E-state index in [0.29, 0.717) is 13.1 Å². The summed E-state index contributed by atoms with van der Waals surface area (Å²) >= 11 is 0. The van der Waals surface area contributed by atoms with Crippen LogP contribution < -0.4 is 10.2 Å². The van der Waals surface area contributed by atoms with Crippen molar-refractivity contribution in [1.29, 1.82) is 0 Å². The van der Waals surface area contributed by atoms with E-state index in [0.717, 1.165) is 23.9 Å². The Balaban J connectivity index is 1.42. The van der Waals surface area contributed by atoms with Gasteiger partial charge in [0.15, 0.2) is 0 Å². The van der Waals surface area contributed by atoms with Crippen molar-refractivity contribution in [3.63, 3.8) is 0 Å². The Morgan fingerprint density at radius 2 is 1.53 bits per heavy atom. The largest absolute Gasteiger partial charge is 0.369 e. The van der Waals surface area contributed by atoms with Crippen LogP contribution in [0.15, 0.2) is 71.6 Å². The maximum atomic E-state index is 13.8. The van der Waals surface area contributed by atoms with Gasteiger partial charge in [0.1, 0.15) is 17.5 Å². The van der Waals surface area contributed by atoms with Crippen molar-refractivity contribution >= 4 is 21.6 Å². The molecular formula is C24H22F3N3O3S. The number of carbonyl (C=O) groups excluding carboxylic acids is 1. The highest BCUT2D eigenvalue weighted by atomic mass is 32.2. The van der Waals surface area contributed by atoms with Crippen LogP contribution in [0.4, 0.5) is 18.9 Å². The number of rotatable bonds is 6. The van der Waals surface area contributed by atoms with E-state index in [1.807, 2.05) is 4.90 Å². The van der Waals surface area contributed by atoms with Gasteiger partial charge in [0, 0.05) is 49.5 Å². The van der Waals surface area contributed by atoms with Crippen molar-refractivity contribution in [2.24, 2.45) is 0 Å². The molecule has 1 N–H and O–H groups in total. The normalized spacial score (nSPS) is 14.7. The standard InChI is InChI=1S/C24H22F3N3O3S/c25-19-4-7-21(8-5-19)29-10-12-30(13-11-29)34(32,33)22-3-1-2-17(15-22)24(31)28-16-18-14-20(26)6-9-23(18)27/h1-9,14-15H,10-13,16H2,(H,28,31). The van der Waals surface area contributed by atoms with Crippen molar-refractivity contribution in [1.82, 2.24) is 9.62 Å². The highest BCUT2D eigenvalue weighted by Gasteiger charge is 2.29. The van der Waals surface area contributed by atoms with E-state index in [9.17, 15) is 26.4 Å². The average molecular weight is 490 g/mol. The summed E-state index contributed by atoms with van der Waals surface area (Å²) in [4.78, 5) is 14.5. The number of hydrogen-bond acceptors (Lipinski definition) is 4. The van der Waals surface area contributed by atoms with Crippen molar-refractivity contribution in [2.75, 3.05) is 31.1 Å². The Morgan fingerprint density at radius 3 is 2.24 bits per heavy atom. The minimum atomic E-state index is -3.85. The molecule has 1 heterocycles. The highest BCUT2D eigenvalue weighted by Crippen LogP contribution is 2.22. The molecule has 0 unspecified atom stereocenters. The Hall–Kier alpha value is -3.37. The van der Waals surface area contributed by atoms with Gasteiger partial charge in [-0.15, -0.1) is 0 Å². The fourth-order valence-corrected chi connectivity index (χ4v) is 5.21. The third kappa shape index (κ3) is 5.23. The van der Waals surface area contributed by atoms with E-state index in [1.54, 1.807) is 12.1 Å². The maximum absolute atomic E-state index is 13.8. The zero-order chi connectivity index (χ0) is 24.3. The van der Waals surface area contributed by atoms with Crippen molar-refractivity contribution in [2.45, 2.75) is 11.4 Å². The summed E-state index contributed by atoms with van der Waals surface area (Å²) in [5.41, 5.74) is 0.880. The minimum absolute atomic E-state index is 0.0175. The molecule has 1 aliphatic rings. The Labute approximate surface area is 195 Å². The lowest BCUT2D eigenvalue weighted by Crippen LogP contribution is -2.48. The summed E-state index contributed by atoms with van der Waals surface area (Å²) in [7, 11) is -3.85. The number of benzene rings is 3. The lowest BCUT2D eigenvalue weighted by atomic mass is 10.2. The molecule has 0 atom stereocenters. The van der Waals surface area contributed by atoms with Crippen LogP contribution >= 0.6 is 0 Å². The van der Waals surface area contributed by atoms with E-state index in [4.69, 9.17) is 0 Å². The molecule has 1 amide bonds. The van der Waals surface area contributed by atoms with Gasteiger partial charge in [-0.3, -0.25) is 4.79 Å². The molecule has 0 radical (unpaired) electrons. The zero-order valence-corrected chi connectivity index (χ0v) is 18.9. The van der Waals surface area contributed by atoms with E-state index < -0.39 is 27.6 Å². The molecule has 0 saturated carbocycles. The van der Waals surface area contributed by atoms with Gasteiger partial charge in [-0.25, -0.2) is 21.6 Å². The predicted octanol–water partition coefficient (Wildman–Crippen LogP) is 3.54. The molecular weight excluding hydrogens is 467 g/mol. The Morgan fingerprint density at radius 1 is 0.853 bits per heavy atom. The number of piperazine rings is 1. The van der Waals surface area contributed by atoms with Crippen LogP contribution in [0.5, 0.6) is 0 Å². The lowest BCUT2D eigenvalue weighted by molar-refractivity contribution is 0.0950. The first-order valence-corrected chi connectivity index (χ1v) is 12.0. The molecule has 178 valence electrons. The smallest absolute Gasteiger partial charge is 0.251 e. The van der Waals surface area contributed by atoms with Crippen LogP contribution in [0.3, 0.4) is 0 Å². The quantitative estimate of drug-likeness (QED) is 0.575. The second-order valence-electron chi connectivity index (χ2n) is 7.81. The molecule has 1 fully saturated rings. The lowest BCUT2D eigenvalue weighted by Gasteiger charge is -2.35. The molecule has 3 aromatic rings. The number of amides is 1. The Kier molecular flexibility index (Phi) is 6.90. The first-order valence-electron chi connectivity index (χ1n) is 10.6. The molecule has 0 spiro atoms. The molecule has 3 aromatic carbocycles. The van der Waals surface area contributed by atoms with Gasteiger partial charge < -0.3 is 10.2 Å². The first-order chi connectivity index (χ1) is 16.2. The molecule has 0 bridgehead atoms. The monoisotopic (exact) mass is 489 g/mol. The summed E-state index contributed by atoms with van der Waals surface area (Å²) in [5, 5.41) is 2.48. The number of sulfonamides is 1. The zero-order valence-electron chi connectivity index (χ0n) is 18.0. The van der Waals surface area contributed by atoms with Crippen LogP contribution in [-0.4, -0.2) is 44.8 Å². The summed E-state index contributed by atoms with van der Waals surface area (Å²) in [6.45, 7) is 1.09. The van der Waals surface area contributed by atoms with Crippen molar-refractivity contribution in [3.8, 4) is 0 Å². The molecule has 6 nitrogen and oxygen atoms in total. The van der Waals surface area contributed by atoms with Gasteiger partial charge >= 0.3 is 0 Å². The molecule has 0 aromatic heterocycles. The van der Waals surface area contributed by atoms with E-state index in [2.05, 4.69) is 5.32 Å². The molecule has 10 heteroatoms. The average Bonchev–Trinajstić information content (AvgIpc) is 2.85. The van der Waals surface area contributed by atoms with Gasteiger partial charge in [-0.2, -0.15) is 4.31 Å². The maximum Gasteiger partial charge on any atom is 0.251 e. The first kappa shape index (κ1) is 23.8. The van der Waals surface area contributed by atoms with Crippen LogP contribution in [0.25, 0.3) is 0 Å². The minimum Gasteiger partial charge on any atom is -0.369 e. The number of nitrogens with one attached hydrogen (secondary N) is 1. The van der Waals surface area contributed by atoms with E-state index >= 15 is 0 Å². The fourth-order valence-electron chi connectivity index (χ4n) is 3.74. The number of carbonyl (C=O) groups is 1. The summed E-state index contributed by atoms with van der Waals surface area (Å²) in [6, 6.07) is 14.5. The highest BCUT2D eigenvalue weighted by molar-refractivity contribution is 7.89. The number of halogens is 3. The van der Waals surface area contributed by atoms with Crippen LogP contribution in [0.2, 0.25) is 0 Å². The summed E-state index contributed by atoms with van der Waals surface area (Å²) < 4.78 is 67.9. The van der Waals surface area contributed by atoms with Gasteiger partial charge in [0.25, 0.3) is 5.91 Å². The van der Waals surface area contributed by atoms with Gasteiger partial charge in [-0.05, 0) is 60.7 Å². The van der Waals surface area contributed by atoms with Crippen LogP contribution in [0, 0.1) is 17.5 Å². The molecule has 4 rings (SSSR count).